The highest BCUT2D eigenvalue weighted by Crippen LogP contribution is 2.42. The predicted molar refractivity (Wildman–Crippen MR) is 119 cm³/mol. The minimum atomic E-state index is -3.30. The summed E-state index contributed by atoms with van der Waals surface area (Å²) in [7, 11) is -3.30. The molecule has 2 amide bonds. The Kier molecular flexibility index (Phi) is 5.85. The summed E-state index contributed by atoms with van der Waals surface area (Å²) in [6, 6.07) is 7.01. The van der Waals surface area contributed by atoms with E-state index >= 15 is 0 Å². The minimum Gasteiger partial charge on any atom is -0.377 e. The lowest BCUT2D eigenvalue weighted by Crippen LogP contribution is -2.44. The molecule has 0 bridgehead atoms. The third-order valence-electron chi connectivity index (χ3n) is 5.67. The third-order valence-corrected chi connectivity index (χ3v) is 7.65. The fourth-order valence-electron chi connectivity index (χ4n) is 3.95. The standard InChI is InChI=1S/C21H27N5O4S/c1-4-22-21(27)23-16-7-5-15(6-8-16)19-24-17-12-31(28,29)14(3)18(17)20(25-19)26-9-10-30-11-13(26)2/h5-8,13-14H,4,9-12H2,1-3H3,(H2,22,23,27). The first-order chi connectivity index (χ1) is 14.8. The van der Waals surface area contributed by atoms with Gasteiger partial charge in [-0.1, -0.05) is 0 Å². The first kappa shape index (κ1) is 21.5. The van der Waals surface area contributed by atoms with Crippen molar-refractivity contribution < 1.29 is 17.9 Å². The van der Waals surface area contributed by atoms with Crippen molar-refractivity contribution in [3.63, 3.8) is 0 Å². The van der Waals surface area contributed by atoms with Gasteiger partial charge in [-0.15, -0.1) is 0 Å². The second-order valence-electron chi connectivity index (χ2n) is 7.86. The average molecular weight is 446 g/mol. The minimum absolute atomic E-state index is 0.0818. The number of anilines is 2. The van der Waals surface area contributed by atoms with Crippen molar-refractivity contribution in [3.05, 3.63) is 35.5 Å². The van der Waals surface area contributed by atoms with Crippen molar-refractivity contribution in [2.45, 2.75) is 37.8 Å². The highest BCUT2D eigenvalue weighted by molar-refractivity contribution is 7.91. The summed E-state index contributed by atoms with van der Waals surface area (Å²) in [6.07, 6.45) is 0. The monoisotopic (exact) mass is 445 g/mol. The zero-order chi connectivity index (χ0) is 22.2. The highest BCUT2D eigenvalue weighted by Gasteiger charge is 2.40. The molecule has 1 aromatic heterocycles. The number of benzene rings is 1. The van der Waals surface area contributed by atoms with Crippen LogP contribution in [0.1, 0.15) is 37.3 Å². The second-order valence-corrected chi connectivity index (χ2v) is 10.2. The van der Waals surface area contributed by atoms with Crippen LogP contribution in [-0.4, -0.2) is 56.8 Å². The Balaban J connectivity index is 1.73. The number of ether oxygens (including phenoxy) is 1. The fraction of sp³-hybridized carbons (Fsp3) is 0.476. The lowest BCUT2D eigenvalue weighted by Gasteiger charge is -2.35. The first-order valence-electron chi connectivity index (χ1n) is 10.4. The van der Waals surface area contributed by atoms with Gasteiger partial charge >= 0.3 is 6.03 Å². The molecule has 2 aromatic rings. The van der Waals surface area contributed by atoms with Crippen LogP contribution >= 0.6 is 0 Å². The van der Waals surface area contributed by atoms with E-state index in [1.54, 1.807) is 19.1 Å². The molecule has 0 radical (unpaired) electrons. The van der Waals surface area contributed by atoms with Crippen LogP contribution in [-0.2, 0) is 20.3 Å². The zero-order valence-electron chi connectivity index (χ0n) is 17.9. The second kappa shape index (κ2) is 8.43. The molecule has 2 aliphatic rings. The molecule has 1 saturated heterocycles. The maximum atomic E-state index is 12.6. The largest absolute Gasteiger partial charge is 0.377 e. The number of aromatic nitrogens is 2. The van der Waals surface area contributed by atoms with E-state index < -0.39 is 15.1 Å². The van der Waals surface area contributed by atoms with E-state index in [-0.39, 0.29) is 17.8 Å². The van der Waals surface area contributed by atoms with E-state index in [2.05, 4.69) is 20.5 Å². The van der Waals surface area contributed by atoms with Gasteiger partial charge in [0.25, 0.3) is 0 Å². The van der Waals surface area contributed by atoms with Gasteiger partial charge in [-0.05, 0) is 45.0 Å². The molecule has 2 aliphatic heterocycles. The molecule has 2 N–H and O–H groups in total. The topological polar surface area (TPSA) is 114 Å². The number of hydrogen-bond acceptors (Lipinski definition) is 7. The van der Waals surface area contributed by atoms with E-state index in [4.69, 9.17) is 9.72 Å². The van der Waals surface area contributed by atoms with Crippen LogP contribution in [0.5, 0.6) is 0 Å². The van der Waals surface area contributed by atoms with Gasteiger partial charge in [0.2, 0.25) is 0 Å². The molecule has 0 saturated carbocycles. The Hall–Kier alpha value is -2.72. The Morgan fingerprint density at radius 3 is 2.65 bits per heavy atom. The molecule has 31 heavy (non-hydrogen) atoms. The SMILES string of the molecule is CCNC(=O)Nc1ccc(-c2nc3c(c(N4CCOCC4C)n2)C(C)S(=O)(=O)C3)cc1. The smallest absolute Gasteiger partial charge is 0.319 e. The van der Waals surface area contributed by atoms with Crippen molar-refractivity contribution >= 4 is 27.4 Å². The molecule has 1 aromatic carbocycles. The number of hydrogen-bond donors (Lipinski definition) is 2. The van der Waals surface area contributed by atoms with Gasteiger partial charge < -0.3 is 20.3 Å². The molecule has 1 fully saturated rings. The van der Waals surface area contributed by atoms with Crippen LogP contribution in [0.15, 0.2) is 24.3 Å². The number of nitrogens with one attached hydrogen (secondary N) is 2. The summed E-state index contributed by atoms with van der Waals surface area (Å²) in [6.45, 7) is 7.92. The molecule has 9 nitrogen and oxygen atoms in total. The lowest BCUT2D eigenvalue weighted by atomic mass is 10.1. The number of carbonyl (C=O) groups is 1. The van der Waals surface area contributed by atoms with Crippen molar-refractivity contribution in [3.8, 4) is 11.4 Å². The molecule has 0 spiro atoms. The average Bonchev–Trinajstić information content (AvgIpc) is 2.97. The normalized spacial score (nSPS) is 22.1. The van der Waals surface area contributed by atoms with Crippen LogP contribution in [0.2, 0.25) is 0 Å². The number of urea groups is 1. The molecule has 3 heterocycles. The van der Waals surface area contributed by atoms with Crippen molar-refractivity contribution in [2.24, 2.45) is 0 Å². The summed E-state index contributed by atoms with van der Waals surface area (Å²) in [5.41, 5.74) is 2.67. The predicted octanol–water partition coefficient (Wildman–Crippen LogP) is 2.50. The molecule has 0 aliphatic carbocycles. The van der Waals surface area contributed by atoms with Crippen LogP contribution in [0.3, 0.4) is 0 Å². The Morgan fingerprint density at radius 1 is 1.23 bits per heavy atom. The van der Waals surface area contributed by atoms with Gasteiger partial charge in [-0.25, -0.2) is 23.2 Å². The molecule has 166 valence electrons. The van der Waals surface area contributed by atoms with E-state index in [1.807, 2.05) is 26.0 Å². The van der Waals surface area contributed by atoms with Gasteiger partial charge in [0, 0.05) is 29.9 Å². The van der Waals surface area contributed by atoms with Crippen LogP contribution in [0, 0.1) is 0 Å². The van der Waals surface area contributed by atoms with E-state index in [9.17, 15) is 13.2 Å². The van der Waals surface area contributed by atoms with Crippen LogP contribution < -0.4 is 15.5 Å². The number of nitrogens with zero attached hydrogens (tertiary/aromatic N) is 3. The number of rotatable bonds is 4. The molecule has 2 unspecified atom stereocenters. The highest BCUT2D eigenvalue weighted by atomic mass is 32.2. The Labute approximate surface area is 182 Å². The van der Waals surface area contributed by atoms with Gasteiger partial charge in [0.1, 0.15) is 5.82 Å². The summed E-state index contributed by atoms with van der Waals surface area (Å²) in [5, 5.41) is 4.80. The fourth-order valence-corrected chi connectivity index (χ4v) is 5.40. The Bertz CT molecular complexity index is 1090. The van der Waals surface area contributed by atoms with Gasteiger partial charge in [0.15, 0.2) is 15.7 Å². The molecule has 4 rings (SSSR count). The van der Waals surface area contributed by atoms with Crippen molar-refractivity contribution in [1.29, 1.82) is 0 Å². The quantitative estimate of drug-likeness (QED) is 0.743. The van der Waals surface area contributed by atoms with E-state index in [1.165, 1.54) is 0 Å². The third kappa shape index (κ3) is 4.22. The maximum Gasteiger partial charge on any atom is 0.319 e. The molecular weight excluding hydrogens is 418 g/mol. The van der Waals surface area contributed by atoms with Gasteiger partial charge in [0.05, 0.1) is 36.0 Å². The Morgan fingerprint density at radius 2 is 1.97 bits per heavy atom. The molecule has 10 heteroatoms. The summed E-state index contributed by atoms with van der Waals surface area (Å²) < 4.78 is 30.8. The zero-order valence-corrected chi connectivity index (χ0v) is 18.7. The first-order valence-corrected chi connectivity index (χ1v) is 12.1. The lowest BCUT2D eigenvalue weighted by molar-refractivity contribution is 0.0984. The van der Waals surface area contributed by atoms with E-state index in [0.29, 0.717) is 54.9 Å². The number of carbonyl (C=O) groups excluding carboxylic acids is 1. The molecule has 2 atom stereocenters. The number of amides is 2. The van der Waals surface area contributed by atoms with Gasteiger partial charge in [-0.2, -0.15) is 0 Å². The number of sulfone groups is 1. The van der Waals surface area contributed by atoms with Crippen molar-refractivity contribution in [1.82, 2.24) is 15.3 Å². The summed E-state index contributed by atoms with van der Waals surface area (Å²) in [4.78, 5) is 23.3. The summed E-state index contributed by atoms with van der Waals surface area (Å²) in [5.74, 6) is 1.07. The van der Waals surface area contributed by atoms with Crippen LogP contribution in [0.25, 0.3) is 11.4 Å². The van der Waals surface area contributed by atoms with Crippen LogP contribution in [0.4, 0.5) is 16.3 Å². The summed E-state index contributed by atoms with van der Waals surface area (Å²) >= 11 is 0. The number of morpholine rings is 1. The number of fused-ring (bicyclic) bond motifs is 1. The van der Waals surface area contributed by atoms with Crippen molar-refractivity contribution in [2.75, 3.05) is 36.5 Å². The maximum absolute atomic E-state index is 12.6. The van der Waals surface area contributed by atoms with Gasteiger partial charge in [-0.3, -0.25) is 0 Å². The van der Waals surface area contributed by atoms with E-state index in [0.717, 1.165) is 5.56 Å². The molecular formula is C21H27N5O4S.